The van der Waals surface area contributed by atoms with E-state index in [2.05, 4.69) is 9.97 Å². The second kappa shape index (κ2) is 3.89. The molecule has 0 saturated carbocycles. The van der Waals surface area contributed by atoms with Gasteiger partial charge in [-0.2, -0.15) is 0 Å². The first-order valence-corrected chi connectivity index (χ1v) is 4.27. The largest absolute Gasteiger partial charge is 0.478 e. The molecule has 0 amide bonds. The predicted octanol–water partition coefficient (Wildman–Crippen LogP) is 2.04. The number of hydrogen-bond acceptors (Lipinski definition) is 3. The summed E-state index contributed by atoms with van der Waals surface area (Å²) in [5.41, 5.74) is 0.270. The minimum absolute atomic E-state index is 0.0353. The molecule has 70 valence electrons. The number of aromatic carboxylic acids is 1. The number of nitrogens with zero attached hydrogens (tertiary/aromatic N) is 2. The van der Waals surface area contributed by atoms with Crippen LogP contribution in [0.1, 0.15) is 23.0 Å². The Morgan fingerprint density at radius 2 is 2.08 bits per heavy atom. The molecule has 1 aromatic rings. The van der Waals surface area contributed by atoms with Crippen LogP contribution in [-0.4, -0.2) is 21.0 Å². The fourth-order valence-corrected chi connectivity index (χ4v) is 1.42. The predicted molar refractivity (Wildman–Crippen MR) is 48.4 cm³/mol. The van der Waals surface area contributed by atoms with Crippen molar-refractivity contribution in [1.29, 1.82) is 0 Å². The molecule has 0 atom stereocenters. The van der Waals surface area contributed by atoms with Gasteiger partial charge in [-0.05, 0) is 18.0 Å². The van der Waals surface area contributed by atoms with Crippen LogP contribution in [0.15, 0.2) is 0 Å². The first-order chi connectivity index (χ1) is 6.06. The molecule has 0 aromatic carbocycles. The van der Waals surface area contributed by atoms with Gasteiger partial charge < -0.3 is 5.11 Å². The molecule has 1 aromatic heterocycles. The number of aromatic nitrogens is 2. The minimum atomic E-state index is -1.14. The van der Waals surface area contributed by atoms with Gasteiger partial charge in [0.25, 0.3) is 0 Å². The zero-order valence-corrected chi connectivity index (χ0v) is 8.22. The van der Waals surface area contributed by atoms with Crippen molar-refractivity contribution in [2.45, 2.75) is 13.3 Å². The second-order valence-electron chi connectivity index (χ2n) is 2.26. The van der Waals surface area contributed by atoms with Crippen LogP contribution in [-0.2, 0) is 6.42 Å². The van der Waals surface area contributed by atoms with Crippen molar-refractivity contribution in [3.8, 4) is 0 Å². The molecule has 0 radical (unpaired) electrons. The highest BCUT2D eigenvalue weighted by Gasteiger charge is 2.17. The molecule has 0 fully saturated rings. The summed E-state index contributed by atoms with van der Waals surface area (Å²) in [4.78, 5) is 18.0. The van der Waals surface area contributed by atoms with Crippen LogP contribution in [0, 0.1) is 0 Å². The van der Waals surface area contributed by atoms with Gasteiger partial charge in [0.1, 0.15) is 10.7 Å². The summed E-state index contributed by atoms with van der Waals surface area (Å²) in [5, 5.41) is 8.60. The van der Waals surface area contributed by atoms with Gasteiger partial charge in [0.15, 0.2) is 0 Å². The maximum Gasteiger partial charge on any atom is 0.340 e. The Labute approximate surface area is 84.5 Å². The van der Waals surface area contributed by atoms with Gasteiger partial charge >= 0.3 is 5.97 Å². The Balaban J connectivity index is 3.38. The number of aryl methyl sites for hydroxylation is 1. The first kappa shape index (κ1) is 10.2. The Bertz CT molecular complexity index is 355. The maximum absolute atomic E-state index is 10.7. The standard InChI is InChI=1S/C7H6Cl2N2O2/c1-2-3-4(6(12)13)5(8)11-7(9)10-3/h2H2,1H3,(H,12,13). The summed E-state index contributed by atoms with van der Waals surface area (Å²) in [5.74, 6) is -1.14. The van der Waals surface area contributed by atoms with Crippen LogP contribution in [0.2, 0.25) is 10.4 Å². The number of carbonyl (C=O) groups is 1. The average molecular weight is 221 g/mol. The molecule has 6 heteroatoms. The summed E-state index contributed by atoms with van der Waals surface area (Å²) in [6, 6.07) is 0. The lowest BCUT2D eigenvalue weighted by Gasteiger charge is -2.03. The summed E-state index contributed by atoms with van der Waals surface area (Å²) in [6.07, 6.45) is 0.448. The van der Waals surface area contributed by atoms with Crippen molar-refractivity contribution in [3.05, 3.63) is 21.7 Å². The van der Waals surface area contributed by atoms with E-state index in [1.165, 1.54) is 0 Å². The number of carboxylic acid groups (broad SMARTS) is 1. The average Bonchev–Trinajstić information content (AvgIpc) is 2.01. The molecule has 0 aliphatic heterocycles. The molecule has 0 spiro atoms. The van der Waals surface area contributed by atoms with E-state index in [9.17, 15) is 4.79 Å². The van der Waals surface area contributed by atoms with E-state index in [1.807, 2.05) is 0 Å². The molecular weight excluding hydrogens is 215 g/mol. The molecule has 1 rings (SSSR count). The zero-order valence-electron chi connectivity index (χ0n) is 6.71. The van der Waals surface area contributed by atoms with E-state index < -0.39 is 5.97 Å². The van der Waals surface area contributed by atoms with Crippen LogP contribution in [0.3, 0.4) is 0 Å². The van der Waals surface area contributed by atoms with E-state index in [-0.39, 0.29) is 16.0 Å². The summed E-state index contributed by atoms with van der Waals surface area (Å²) >= 11 is 11.1. The molecule has 1 heterocycles. The van der Waals surface area contributed by atoms with Gasteiger partial charge in [0, 0.05) is 0 Å². The molecule has 0 aliphatic rings. The van der Waals surface area contributed by atoms with Crippen molar-refractivity contribution in [2.24, 2.45) is 0 Å². The van der Waals surface area contributed by atoms with Gasteiger partial charge in [-0.3, -0.25) is 0 Å². The lowest BCUT2D eigenvalue weighted by atomic mass is 10.2. The number of hydrogen-bond donors (Lipinski definition) is 1. The molecule has 1 N–H and O–H groups in total. The molecule has 0 bridgehead atoms. The van der Waals surface area contributed by atoms with Crippen LogP contribution in [0.5, 0.6) is 0 Å². The van der Waals surface area contributed by atoms with Crippen molar-refractivity contribution in [2.75, 3.05) is 0 Å². The first-order valence-electron chi connectivity index (χ1n) is 3.51. The summed E-state index contributed by atoms with van der Waals surface area (Å²) < 4.78 is 0. The Morgan fingerprint density at radius 3 is 2.54 bits per heavy atom. The fraction of sp³-hybridized carbons (Fsp3) is 0.286. The Morgan fingerprint density at radius 1 is 1.46 bits per heavy atom. The van der Waals surface area contributed by atoms with Gasteiger partial charge in [-0.1, -0.05) is 18.5 Å². The van der Waals surface area contributed by atoms with E-state index in [4.69, 9.17) is 28.3 Å². The Kier molecular flexibility index (Phi) is 3.06. The van der Waals surface area contributed by atoms with E-state index in [1.54, 1.807) is 6.92 Å². The van der Waals surface area contributed by atoms with Crippen molar-refractivity contribution in [1.82, 2.24) is 9.97 Å². The van der Waals surface area contributed by atoms with Gasteiger partial charge in [-0.25, -0.2) is 14.8 Å². The maximum atomic E-state index is 10.7. The quantitative estimate of drug-likeness (QED) is 0.613. The minimum Gasteiger partial charge on any atom is -0.478 e. The lowest BCUT2D eigenvalue weighted by molar-refractivity contribution is 0.0695. The fourth-order valence-electron chi connectivity index (χ4n) is 0.916. The van der Waals surface area contributed by atoms with Gasteiger partial charge in [0.05, 0.1) is 5.69 Å². The normalized spacial score (nSPS) is 10.1. The molecule has 4 nitrogen and oxygen atoms in total. The highest BCUT2D eigenvalue weighted by Crippen LogP contribution is 2.19. The monoisotopic (exact) mass is 220 g/mol. The summed E-state index contributed by atoms with van der Waals surface area (Å²) in [7, 11) is 0. The molecule has 13 heavy (non-hydrogen) atoms. The van der Waals surface area contributed by atoms with Crippen molar-refractivity contribution >= 4 is 29.2 Å². The molecule has 0 unspecified atom stereocenters. The number of rotatable bonds is 2. The Hall–Kier alpha value is -0.870. The smallest absolute Gasteiger partial charge is 0.340 e. The highest BCUT2D eigenvalue weighted by atomic mass is 35.5. The van der Waals surface area contributed by atoms with Crippen molar-refractivity contribution < 1.29 is 9.90 Å². The van der Waals surface area contributed by atoms with Crippen LogP contribution >= 0.6 is 23.2 Å². The highest BCUT2D eigenvalue weighted by molar-refractivity contribution is 6.34. The van der Waals surface area contributed by atoms with E-state index in [0.29, 0.717) is 12.1 Å². The number of carboxylic acids is 1. The summed E-state index contributed by atoms with van der Waals surface area (Å²) in [6.45, 7) is 1.77. The zero-order chi connectivity index (χ0) is 10.0. The SMILES string of the molecule is CCc1nc(Cl)nc(Cl)c1C(=O)O. The molecule has 0 aliphatic carbocycles. The van der Waals surface area contributed by atoms with Gasteiger partial charge in [0.2, 0.25) is 5.28 Å². The van der Waals surface area contributed by atoms with Crippen LogP contribution in [0.25, 0.3) is 0 Å². The van der Waals surface area contributed by atoms with E-state index in [0.717, 1.165) is 0 Å². The molecular formula is C7H6Cl2N2O2. The van der Waals surface area contributed by atoms with Crippen LogP contribution in [0.4, 0.5) is 0 Å². The second-order valence-corrected chi connectivity index (χ2v) is 2.96. The third-order valence-electron chi connectivity index (χ3n) is 1.46. The van der Waals surface area contributed by atoms with Gasteiger partial charge in [-0.15, -0.1) is 0 Å². The van der Waals surface area contributed by atoms with Crippen molar-refractivity contribution in [3.63, 3.8) is 0 Å². The van der Waals surface area contributed by atoms with E-state index >= 15 is 0 Å². The molecule has 0 saturated heterocycles. The topological polar surface area (TPSA) is 63.1 Å². The third kappa shape index (κ3) is 2.08. The number of halogens is 2. The van der Waals surface area contributed by atoms with Crippen LogP contribution < -0.4 is 0 Å². The lowest BCUT2D eigenvalue weighted by Crippen LogP contribution is -2.07. The third-order valence-corrected chi connectivity index (χ3v) is 1.90.